The largest absolute Gasteiger partial charge is 0.457 e. The topological polar surface area (TPSA) is 38.3 Å². The third kappa shape index (κ3) is 3.71. The molecule has 0 spiro atoms. The van der Waals surface area contributed by atoms with E-state index in [-0.39, 0.29) is 5.91 Å². The van der Waals surface area contributed by atoms with Gasteiger partial charge in [-0.1, -0.05) is 18.7 Å². The van der Waals surface area contributed by atoms with Crippen LogP contribution in [-0.4, -0.2) is 5.91 Å². The summed E-state index contributed by atoms with van der Waals surface area (Å²) in [6.45, 7) is 5.42. The van der Waals surface area contributed by atoms with E-state index >= 15 is 0 Å². The number of nitrogens with one attached hydrogen (secondary N) is 1. The van der Waals surface area contributed by atoms with E-state index in [4.69, 9.17) is 4.74 Å². The highest BCUT2D eigenvalue weighted by Crippen LogP contribution is 2.23. The highest BCUT2D eigenvalue weighted by atomic mass is 16.5. The van der Waals surface area contributed by atoms with Crippen LogP contribution < -0.4 is 10.1 Å². The van der Waals surface area contributed by atoms with E-state index in [1.54, 1.807) is 24.3 Å². The van der Waals surface area contributed by atoms with Crippen LogP contribution in [-0.2, 0) is 4.79 Å². The van der Waals surface area contributed by atoms with Crippen LogP contribution in [0.5, 0.6) is 11.5 Å². The standard InChI is InChI=1S/C16H15NO2/c1-3-16(18)17-13-7-9-14(10-8-13)19-15-6-4-5-12(2)11-15/h3-11H,1H2,2H3,(H,17,18). The Hall–Kier alpha value is -2.55. The number of rotatable bonds is 4. The minimum absolute atomic E-state index is 0.229. The van der Waals surface area contributed by atoms with Crippen LogP contribution in [0.3, 0.4) is 0 Å². The molecule has 0 radical (unpaired) electrons. The summed E-state index contributed by atoms with van der Waals surface area (Å²) in [6.07, 6.45) is 1.23. The minimum atomic E-state index is -0.229. The van der Waals surface area contributed by atoms with Gasteiger partial charge in [0.05, 0.1) is 0 Å². The zero-order valence-corrected chi connectivity index (χ0v) is 10.7. The van der Waals surface area contributed by atoms with Crippen LogP contribution in [0.15, 0.2) is 61.2 Å². The van der Waals surface area contributed by atoms with Gasteiger partial charge >= 0.3 is 0 Å². The maximum absolute atomic E-state index is 11.1. The average Bonchev–Trinajstić information content (AvgIpc) is 2.41. The summed E-state index contributed by atoms with van der Waals surface area (Å²) in [4.78, 5) is 11.1. The van der Waals surface area contributed by atoms with Crippen LogP contribution >= 0.6 is 0 Å². The molecule has 0 saturated heterocycles. The number of anilines is 1. The molecule has 96 valence electrons. The number of aryl methyl sites for hydroxylation is 1. The second-order valence-electron chi connectivity index (χ2n) is 4.14. The molecule has 19 heavy (non-hydrogen) atoms. The summed E-state index contributed by atoms with van der Waals surface area (Å²) < 4.78 is 5.71. The smallest absolute Gasteiger partial charge is 0.247 e. The Bertz CT molecular complexity index is 588. The fourth-order valence-electron chi connectivity index (χ4n) is 1.61. The van der Waals surface area contributed by atoms with Gasteiger partial charge in [-0.25, -0.2) is 0 Å². The van der Waals surface area contributed by atoms with E-state index in [2.05, 4.69) is 11.9 Å². The van der Waals surface area contributed by atoms with Gasteiger partial charge in [-0.15, -0.1) is 0 Å². The van der Waals surface area contributed by atoms with Crippen molar-refractivity contribution in [3.63, 3.8) is 0 Å². The van der Waals surface area contributed by atoms with Crippen LogP contribution in [0, 0.1) is 6.92 Å². The Morgan fingerprint density at radius 3 is 2.53 bits per heavy atom. The summed E-state index contributed by atoms with van der Waals surface area (Å²) in [5.41, 5.74) is 1.86. The molecule has 1 amide bonds. The van der Waals surface area contributed by atoms with Gasteiger partial charge in [0.25, 0.3) is 0 Å². The Kier molecular flexibility index (Phi) is 3.98. The second-order valence-corrected chi connectivity index (χ2v) is 4.14. The number of carbonyl (C=O) groups excluding carboxylic acids is 1. The lowest BCUT2D eigenvalue weighted by atomic mass is 10.2. The Morgan fingerprint density at radius 2 is 1.89 bits per heavy atom. The molecule has 2 rings (SSSR count). The molecule has 0 atom stereocenters. The fraction of sp³-hybridized carbons (Fsp3) is 0.0625. The first-order chi connectivity index (χ1) is 9.17. The first-order valence-corrected chi connectivity index (χ1v) is 5.95. The van der Waals surface area contributed by atoms with Crippen LogP contribution in [0.1, 0.15) is 5.56 Å². The molecule has 0 aromatic heterocycles. The molecular formula is C16H15NO2. The first kappa shape index (κ1) is 12.9. The molecule has 3 heteroatoms. The molecule has 2 aromatic carbocycles. The SMILES string of the molecule is C=CC(=O)Nc1ccc(Oc2cccc(C)c2)cc1. The predicted octanol–water partition coefficient (Wildman–Crippen LogP) is 3.91. The summed E-state index contributed by atoms with van der Waals surface area (Å²) in [5.74, 6) is 1.29. The molecule has 0 aliphatic heterocycles. The summed E-state index contributed by atoms with van der Waals surface area (Å²) in [6, 6.07) is 15.0. The van der Waals surface area contributed by atoms with Gasteiger partial charge in [-0.2, -0.15) is 0 Å². The molecule has 0 fully saturated rings. The van der Waals surface area contributed by atoms with E-state index in [1.807, 2.05) is 31.2 Å². The highest BCUT2D eigenvalue weighted by molar-refractivity contribution is 5.98. The van der Waals surface area contributed by atoms with E-state index in [1.165, 1.54) is 6.08 Å². The lowest BCUT2D eigenvalue weighted by Gasteiger charge is -2.07. The lowest BCUT2D eigenvalue weighted by Crippen LogP contribution is -2.06. The van der Waals surface area contributed by atoms with Crippen LogP contribution in [0.25, 0.3) is 0 Å². The predicted molar refractivity (Wildman–Crippen MR) is 76.5 cm³/mol. The molecule has 1 N–H and O–H groups in total. The zero-order chi connectivity index (χ0) is 13.7. The van der Waals surface area contributed by atoms with Crippen molar-refractivity contribution in [2.75, 3.05) is 5.32 Å². The number of hydrogen-bond donors (Lipinski definition) is 1. The van der Waals surface area contributed by atoms with Gasteiger partial charge in [0.2, 0.25) is 5.91 Å². The normalized spacial score (nSPS) is 9.74. The summed E-state index contributed by atoms with van der Waals surface area (Å²) >= 11 is 0. The third-order valence-electron chi connectivity index (χ3n) is 2.53. The molecule has 2 aromatic rings. The quantitative estimate of drug-likeness (QED) is 0.839. The van der Waals surface area contributed by atoms with Crippen molar-refractivity contribution in [3.8, 4) is 11.5 Å². The van der Waals surface area contributed by atoms with Crippen molar-refractivity contribution in [1.82, 2.24) is 0 Å². The van der Waals surface area contributed by atoms with Crippen molar-refractivity contribution in [1.29, 1.82) is 0 Å². The number of amides is 1. The monoisotopic (exact) mass is 253 g/mol. The van der Waals surface area contributed by atoms with E-state index in [9.17, 15) is 4.79 Å². The van der Waals surface area contributed by atoms with Crippen molar-refractivity contribution < 1.29 is 9.53 Å². The molecule has 0 saturated carbocycles. The number of ether oxygens (including phenoxy) is 1. The molecule has 0 heterocycles. The molecule has 0 unspecified atom stereocenters. The zero-order valence-electron chi connectivity index (χ0n) is 10.7. The maximum atomic E-state index is 11.1. The highest BCUT2D eigenvalue weighted by Gasteiger charge is 2.00. The van der Waals surface area contributed by atoms with E-state index < -0.39 is 0 Å². The van der Waals surface area contributed by atoms with E-state index in [0.717, 1.165) is 17.1 Å². The number of carbonyl (C=O) groups is 1. The lowest BCUT2D eigenvalue weighted by molar-refractivity contribution is -0.111. The fourth-order valence-corrected chi connectivity index (χ4v) is 1.61. The average molecular weight is 253 g/mol. The minimum Gasteiger partial charge on any atom is -0.457 e. The van der Waals surface area contributed by atoms with Gasteiger partial charge in [-0.05, 0) is 55.0 Å². The number of hydrogen-bond acceptors (Lipinski definition) is 2. The molecular weight excluding hydrogens is 238 g/mol. The van der Waals surface area contributed by atoms with Gasteiger partial charge in [0.15, 0.2) is 0 Å². The van der Waals surface area contributed by atoms with Gasteiger partial charge in [-0.3, -0.25) is 4.79 Å². The second kappa shape index (κ2) is 5.87. The van der Waals surface area contributed by atoms with Crippen molar-refractivity contribution in [2.24, 2.45) is 0 Å². The van der Waals surface area contributed by atoms with E-state index in [0.29, 0.717) is 5.69 Å². The Balaban J connectivity index is 2.06. The van der Waals surface area contributed by atoms with Crippen molar-refractivity contribution in [3.05, 3.63) is 66.7 Å². The maximum Gasteiger partial charge on any atom is 0.247 e. The van der Waals surface area contributed by atoms with Crippen molar-refractivity contribution >= 4 is 11.6 Å². The summed E-state index contributed by atoms with van der Waals surface area (Å²) in [5, 5.41) is 2.68. The first-order valence-electron chi connectivity index (χ1n) is 5.95. The van der Waals surface area contributed by atoms with Crippen molar-refractivity contribution in [2.45, 2.75) is 6.92 Å². The molecule has 0 aliphatic rings. The van der Waals surface area contributed by atoms with Crippen LogP contribution in [0.2, 0.25) is 0 Å². The van der Waals surface area contributed by atoms with Gasteiger partial charge in [0, 0.05) is 5.69 Å². The third-order valence-corrected chi connectivity index (χ3v) is 2.53. The van der Waals surface area contributed by atoms with Gasteiger partial charge < -0.3 is 10.1 Å². The molecule has 0 aliphatic carbocycles. The van der Waals surface area contributed by atoms with Crippen LogP contribution in [0.4, 0.5) is 5.69 Å². The number of benzene rings is 2. The Labute approximate surface area is 112 Å². The molecule has 0 bridgehead atoms. The summed E-state index contributed by atoms with van der Waals surface area (Å²) in [7, 11) is 0. The van der Waals surface area contributed by atoms with Gasteiger partial charge in [0.1, 0.15) is 11.5 Å². The Morgan fingerprint density at radius 1 is 1.16 bits per heavy atom. The molecule has 3 nitrogen and oxygen atoms in total.